The van der Waals surface area contributed by atoms with Gasteiger partial charge in [-0.3, -0.25) is 9.26 Å². The third-order valence-corrected chi connectivity index (χ3v) is 2.77. The summed E-state index contributed by atoms with van der Waals surface area (Å²) < 4.78 is 2.46. The maximum absolute atomic E-state index is 10.9. The predicted octanol–water partition coefficient (Wildman–Crippen LogP) is -3.02. The molecular weight excluding hydrogens is 204 g/mol. The molecule has 5 atom stereocenters. The Labute approximate surface area is 86.3 Å². The molecule has 0 aliphatic carbocycles. The molecule has 0 aromatic heterocycles. The summed E-state index contributed by atoms with van der Waals surface area (Å²) in [5.41, 5.74) is 2.80. The molecule has 0 radical (unpaired) electrons. The Morgan fingerprint density at radius 1 is 1.47 bits per heavy atom. The van der Waals surface area contributed by atoms with E-state index < -0.39 is 24.4 Å². The van der Waals surface area contributed by atoms with Gasteiger partial charge in [-0.05, 0) is 5.48 Å². The average Bonchev–Trinajstić information content (AvgIpc) is 2.92. The maximum atomic E-state index is 10.9. The number of hydrogen-bond acceptors (Lipinski definition) is 5. The molecule has 86 valence electrons. The standard InChI is InChI=1S/C8H14N2O5/c1-3(12)9-5-7(14)6(13)4(2-11)15-8(5)10-15/h4-8,10-11,13-14H,2H2,1H3/p+1/t4-,5-,6-,7-,8-/m1/s1. The van der Waals surface area contributed by atoms with E-state index in [1.807, 2.05) is 0 Å². The van der Waals surface area contributed by atoms with E-state index in [0.717, 1.165) is 0 Å². The average molecular weight is 219 g/mol. The van der Waals surface area contributed by atoms with Gasteiger partial charge in [0.15, 0.2) is 12.1 Å². The van der Waals surface area contributed by atoms with E-state index in [0.29, 0.717) is 0 Å². The number of carbonyl (C=O) groups is 1. The molecule has 7 nitrogen and oxygen atoms in total. The topological polar surface area (TPSA) is 114 Å². The molecule has 0 aromatic rings. The Bertz CT molecular complexity index is 274. The van der Waals surface area contributed by atoms with E-state index in [-0.39, 0.29) is 18.7 Å². The molecule has 2 aliphatic rings. The lowest BCUT2D eigenvalue weighted by Gasteiger charge is -2.30. The molecular formula is C8H15N2O5+. The zero-order valence-electron chi connectivity index (χ0n) is 8.25. The summed E-state index contributed by atoms with van der Waals surface area (Å²) >= 11 is 0. The van der Waals surface area contributed by atoms with Crippen LogP contribution in [0.3, 0.4) is 0 Å². The van der Waals surface area contributed by atoms with E-state index in [1.54, 1.807) is 0 Å². The van der Waals surface area contributed by atoms with Crippen molar-refractivity contribution in [1.82, 2.24) is 10.8 Å². The van der Waals surface area contributed by atoms with E-state index >= 15 is 0 Å². The van der Waals surface area contributed by atoms with E-state index in [1.165, 1.54) is 6.92 Å². The molecule has 0 bridgehead atoms. The van der Waals surface area contributed by atoms with Crippen LogP contribution in [-0.2, 0) is 9.26 Å². The lowest BCUT2D eigenvalue weighted by molar-refractivity contribution is -0.199. The van der Waals surface area contributed by atoms with Gasteiger partial charge >= 0.3 is 6.23 Å². The highest BCUT2D eigenvalue weighted by molar-refractivity contribution is 5.73. The zero-order chi connectivity index (χ0) is 11.2. The number of aliphatic hydroxyl groups excluding tert-OH is 3. The molecule has 0 saturated carbocycles. The van der Waals surface area contributed by atoms with Gasteiger partial charge in [-0.2, -0.15) is 0 Å². The zero-order valence-corrected chi connectivity index (χ0v) is 8.25. The fourth-order valence-corrected chi connectivity index (χ4v) is 1.96. The Morgan fingerprint density at radius 2 is 2.13 bits per heavy atom. The minimum atomic E-state index is -1.11. The van der Waals surface area contributed by atoms with Gasteiger partial charge in [0.1, 0.15) is 12.7 Å². The van der Waals surface area contributed by atoms with Crippen molar-refractivity contribution >= 4 is 5.91 Å². The molecule has 2 heterocycles. The second-order valence-electron chi connectivity index (χ2n) is 3.84. The quantitative estimate of drug-likeness (QED) is 0.250. The van der Waals surface area contributed by atoms with Crippen molar-refractivity contribution < 1.29 is 24.6 Å². The van der Waals surface area contributed by atoms with Crippen LogP contribution >= 0.6 is 0 Å². The Balaban J connectivity index is 2.08. The van der Waals surface area contributed by atoms with Crippen LogP contribution in [0.5, 0.6) is 0 Å². The van der Waals surface area contributed by atoms with Gasteiger partial charge in [0.05, 0.1) is 0 Å². The first-order valence-electron chi connectivity index (χ1n) is 4.78. The monoisotopic (exact) mass is 219 g/mol. The van der Waals surface area contributed by atoms with Crippen LogP contribution in [0.25, 0.3) is 0 Å². The van der Waals surface area contributed by atoms with E-state index in [9.17, 15) is 15.0 Å². The molecule has 2 aliphatic heterocycles. The van der Waals surface area contributed by atoms with Crippen LogP contribution in [0.2, 0.25) is 0 Å². The van der Waals surface area contributed by atoms with Crippen LogP contribution in [-0.4, -0.2) is 58.4 Å². The van der Waals surface area contributed by atoms with Crippen molar-refractivity contribution in [3.63, 3.8) is 0 Å². The largest absolute Gasteiger partial charge is 0.388 e. The van der Waals surface area contributed by atoms with Crippen molar-refractivity contribution in [3.05, 3.63) is 0 Å². The number of nitrogens with one attached hydrogen (secondary N) is 2. The molecule has 2 fully saturated rings. The minimum absolute atomic E-state index is 0.275. The SMILES string of the molecule is CC(=O)N[C@@H]1[C@@H](O)[C@H](O)[C@@H](CO)[O+]2N[C@@H]12. The number of hydrogen-bond donors (Lipinski definition) is 5. The fourth-order valence-electron chi connectivity index (χ4n) is 1.96. The Hall–Kier alpha value is -0.730. The molecule has 0 spiro atoms. The van der Waals surface area contributed by atoms with Crippen LogP contribution in [0.15, 0.2) is 0 Å². The lowest BCUT2D eigenvalue weighted by Crippen LogP contribution is -2.59. The Morgan fingerprint density at radius 3 is 2.67 bits per heavy atom. The summed E-state index contributed by atoms with van der Waals surface area (Å²) in [4.78, 5) is 10.9. The lowest BCUT2D eigenvalue weighted by atomic mass is 9.98. The molecule has 2 saturated heterocycles. The molecule has 0 unspecified atom stereocenters. The van der Waals surface area contributed by atoms with Gasteiger partial charge in [-0.25, -0.2) is 0 Å². The van der Waals surface area contributed by atoms with Crippen molar-refractivity contribution in [2.45, 2.75) is 37.5 Å². The smallest absolute Gasteiger partial charge is 0.316 e. The number of fused-ring (bicyclic) bond motifs is 1. The summed E-state index contributed by atoms with van der Waals surface area (Å²) in [7, 11) is 0. The van der Waals surface area contributed by atoms with Gasteiger partial charge in [0.2, 0.25) is 12.0 Å². The summed E-state index contributed by atoms with van der Waals surface area (Å²) in [5, 5.41) is 30.9. The first-order chi connectivity index (χ1) is 7.06. The molecule has 2 rings (SSSR count). The maximum Gasteiger partial charge on any atom is 0.316 e. The highest BCUT2D eigenvalue weighted by atomic mass is 17.0. The third kappa shape index (κ3) is 1.72. The van der Waals surface area contributed by atoms with Crippen molar-refractivity contribution in [2.24, 2.45) is 0 Å². The number of amides is 1. The summed E-state index contributed by atoms with van der Waals surface area (Å²) in [6, 6.07) is -0.578. The molecule has 7 heteroatoms. The van der Waals surface area contributed by atoms with Crippen LogP contribution in [0.1, 0.15) is 6.92 Å². The summed E-state index contributed by atoms with van der Waals surface area (Å²) in [6.45, 7) is 1.06. The predicted molar refractivity (Wildman–Crippen MR) is 48.5 cm³/mol. The van der Waals surface area contributed by atoms with Crippen molar-refractivity contribution in [1.29, 1.82) is 0 Å². The molecule has 1 amide bonds. The molecule has 15 heavy (non-hydrogen) atoms. The van der Waals surface area contributed by atoms with Gasteiger partial charge in [0.25, 0.3) is 0 Å². The van der Waals surface area contributed by atoms with Gasteiger partial charge in [-0.15, -0.1) is 0 Å². The highest BCUT2D eigenvalue weighted by Gasteiger charge is 2.65. The van der Waals surface area contributed by atoms with Gasteiger partial charge in [0, 0.05) is 6.92 Å². The molecule has 0 aromatic carbocycles. The number of hydroxylamine groups is 1. The van der Waals surface area contributed by atoms with Crippen molar-refractivity contribution in [3.8, 4) is 0 Å². The summed E-state index contributed by atoms with van der Waals surface area (Å²) in [6.07, 6.45) is -3.09. The van der Waals surface area contributed by atoms with Crippen LogP contribution in [0.4, 0.5) is 0 Å². The van der Waals surface area contributed by atoms with Crippen LogP contribution < -0.4 is 10.8 Å². The van der Waals surface area contributed by atoms with Gasteiger partial charge < -0.3 is 20.6 Å². The van der Waals surface area contributed by atoms with E-state index in [2.05, 4.69) is 15.3 Å². The second kappa shape index (κ2) is 3.69. The Kier molecular flexibility index (Phi) is 2.65. The number of aliphatic hydroxyl groups is 3. The van der Waals surface area contributed by atoms with Gasteiger partial charge in [-0.1, -0.05) is 0 Å². The third-order valence-electron chi connectivity index (χ3n) is 2.77. The number of rotatable bonds is 2. The van der Waals surface area contributed by atoms with Crippen molar-refractivity contribution in [2.75, 3.05) is 6.61 Å². The fraction of sp³-hybridized carbons (Fsp3) is 0.875. The first kappa shape index (κ1) is 10.8. The normalized spacial score (nSPS) is 44.7. The molecule has 5 N–H and O–H groups in total. The highest BCUT2D eigenvalue weighted by Crippen LogP contribution is 2.34. The minimum Gasteiger partial charge on any atom is -0.388 e. The van der Waals surface area contributed by atoms with E-state index in [4.69, 9.17) is 5.11 Å². The van der Waals surface area contributed by atoms with Crippen LogP contribution in [0, 0.1) is 0 Å². The first-order valence-corrected chi connectivity index (χ1v) is 4.78. The summed E-state index contributed by atoms with van der Waals surface area (Å²) in [5.74, 6) is -0.275. The second-order valence-corrected chi connectivity index (χ2v) is 3.84. The number of carbonyl (C=O) groups excluding carboxylic acids is 1.